The van der Waals surface area contributed by atoms with Crippen molar-refractivity contribution in [1.82, 2.24) is 0 Å². The van der Waals surface area contributed by atoms with Crippen molar-refractivity contribution < 1.29 is 24.2 Å². The van der Waals surface area contributed by atoms with Crippen molar-refractivity contribution in [1.29, 1.82) is 0 Å². The third-order valence-electron chi connectivity index (χ3n) is 6.26. The van der Waals surface area contributed by atoms with Crippen LogP contribution in [0.1, 0.15) is 143 Å². The SMILES string of the molecule is CC(C)CCCCCCCCCCC(=O)OC[C@H](CO)OC(=O)CCCCCCCCC(C)C. The average Bonchev–Trinajstić information content (AvgIpc) is 2.79. The summed E-state index contributed by atoms with van der Waals surface area (Å²) in [6.45, 7) is 8.68. The maximum absolute atomic E-state index is 12.0. The van der Waals surface area contributed by atoms with Crippen LogP contribution >= 0.6 is 0 Å². The number of carbonyl (C=O) groups excluding carboxylic acids is 2. The lowest BCUT2D eigenvalue weighted by Crippen LogP contribution is -2.28. The smallest absolute Gasteiger partial charge is 0.306 e. The van der Waals surface area contributed by atoms with Gasteiger partial charge in [0.15, 0.2) is 6.10 Å². The van der Waals surface area contributed by atoms with E-state index in [0.29, 0.717) is 12.8 Å². The van der Waals surface area contributed by atoms with Crippen molar-refractivity contribution in [2.45, 2.75) is 149 Å². The molecule has 1 N–H and O–H groups in total. The molecule has 0 aromatic heterocycles. The highest BCUT2D eigenvalue weighted by Gasteiger charge is 2.16. The molecule has 0 unspecified atom stereocenters. The largest absolute Gasteiger partial charge is 0.462 e. The van der Waals surface area contributed by atoms with Gasteiger partial charge in [0, 0.05) is 12.8 Å². The van der Waals surface area contributed by atoms with Gasteiger partial charge in [0.25, 0.3) is 0 Å². The van der Waals surface area contributed by atoms with Gasteiger partial charge in [0.1, 0.15) is 6.61 Å². The van der Waals surface area contributed by atoms with Gasteiger partial charge in [-0.2, -0.15) is 0 Å². The first-order valence-electron chi connectivity index (χ1n) is 14.3. The molecular weight excluding hydrogens is 428 g/mol. The van der Waals surface area contributed by atoms with E-state index in [1.807, 2.05) is 0 Å². The van der Waals surface area contributed by atoms with Gasteiger partial charge in [-0.15, -0.1) is 0 Å². The first-order chi connectivity index (χ1) is 16.3. The first kappa shape index (κ1) is 32.9. The molecule has 1 atom stereocenters. The molecule has 0 saturated carbocycles. The zero-order valence-electron chi connectivity index (χ0n) is 23.0. The molecule has 0 spiro atoms. The van der Waals surface area contributed by atoms with Crippen LogP contribution in [0.5, 0.6) is 0 Å². The number of rotatable bonds is 24. The quantitative estimate of drug-likeness (QED) is 0.112. The topological polar surface area (TPSA) is 72.8 Å². The van der Waals surface area contributed by atoms with Crippen LogP contribution in [0.4, 0.5) is 0 Å². The van der Waals surface area contributed by atoms with Crippen molar-refractivity contribution in [3.8, 4) is 0 Å². The molecule has 0 radical (unpaired) electrons. The second-order valence-corrected chi connectivity index (χ2v) is 10.8. The Hall–Kier alpha value is -1.10. The van der Waals surface area contributed by atoms with Gasteiger partial charge in [-0.3, -0.25) is 9.59 Å². The Morgan fingerprint density at radius 3 is 1.38 bits per heavy atom. The Morgan fingerprint density at radius 2 is 0.971 bits per heavy atom. The summed E-state index contributed by atoms with van der Waals surface area (Å²) in [4.78, 5) is 23.9. The Morgan fingerprint density at radius 1 is 0.588 bits per heavy atom. The van der Waals surface area contributed by atoms with Crippen LogP contribution in [0, 0.1) is 11.8 Å². The summed E-state index contributed by atoms with van der Waals surface area (Å²) in [5.74, 6) is 0.987. The summed E-state index contributed by atoms with van der Waals surface area (Å²) in [5.41, 5.74) is 0. The number of ether oxygens (including phenoxy) is 2. The second kappa shape index (κ2) is 23.6. The molecule has 34 heavy (non-hydrogen) atoms. The monoisotopic (exact) mass is 484 g/mol. The van der Waals surface area contributed by atoms with Crippen molar-refractivity contribution in [2.75, 3.05) is 13.2 Å². The molecule has 0 heterocycles. The molecule has 0 saturated heterocycles. The molecule has 0 rings (SSSR count). The predicted octanol–water partition coefficient (Wildman–Crippen LogP) is 7.77. The molecule has 5 nitrogen and oxygen atoms in total. The van der Waals surface area contributed by atoms with Crippen LogP contribution in [0.2, 0.25) is 0 Å². The van der Waals surface area contributed by atoms with Gasteiger partial charge >= 0.3 is 11.9 Å². The zero-order chi connectivity index (χ0) is 25.4. The molecule has 0 fully saturated rings. The van der Waals surface area contributed by atoms with E-state index in [4.69, 9.17) is 9.47 Å². The van der Waals surface area contributed by atoms with E-state index in [2.05, 4.69) is 27.7 Å². The van der Waals surface area contributed by atoms with Gasteiger partial charge in [-0.25, -0.2) is 0 Å². The fourth-order valence-electron chi connectivity index (χ4n) is 4.04. The number of hydrogen-bond donors (Lipinski definition) is 1. The van der Waals surface area contributed by atoms with Crippen LogP contribution in [0.15, 0.2) is 0 Å². The van der Waals surface area contributed by atoms with Gasteiger partial charge in [0.2, 0.25) is 0 Å². The van der Waals surface area contributed by atoms with E-state index in [-0.39, 0.29) is 25.2 Å². The number of aliphatic hydroxyl groups excluding tert-OH is 1. The second-order valence-electron chi connectivity index (χ2n) is 10.8. The Balaban J connectivity index is 3.62. The van der Waals surface area contributed by atoms with E-state index < -0.39 is 6.10 Å². The summed E-state index contributed by atoms with van der Waals surface area (Å²) in [6, 6.07) is 0. The third kappa shape index (κ3) is 24.0. The molecule has 202 valence electrons. The molecule has 0 aliphatic heterocycles. The number of unbranched alkanes of at least 4 members (excludes halogenated alkanes) is 12. The number of aliphatic hydroxyl groups is 1. The summed E-state index contributed by atoms with van der Waals surface area (Å²) >= 11 is 0. The summed E-state index contributed by atoms with van der Waals surface area (Å²) in [7, 11) is 0. The Bertz CT molecular complexity index is 475. The highest BCUT2D eigenvalue weighted by molar-refractivity contribution is 5.70. The molecule has 0 aromatic rings. The first-order valence-corrected chi connectivity index (χ1v) is 14.3. The normalized spacial score (nSPS) is 12.3. The lowest BCUT2D eigenvalue weighted by atomic mass is 10.0. The third-order valence-corrected chi connectivity index (χ3v) is 6.26. The average molecular weight is 485 g/mol. The van der Waals surface area contributed by atoms with E-state index in [1.165, 1.54) is 64.2 Å². The lowest BCUT2D eigenvalue weighted by Gasteiger charge is -2.15. The summed E-state index contributed by atoms with van der Waals surface area (Å²) in [6.07, 6.45) is 18.9. The highest BCUT2D eigenvalue weighted by Crippen LogP contribution is 2.14. The maximum atomic E-state index is 12.0. The number of esters is 2. The minimum atomic E-state index is -0.761. The van der Waals surface area contributed by atoms with Crippen LogP contribution < -0.4 is 0 Å². The zero-order valence-corrected chi connectivity index (χ0v) is 23.0. The van der Waals surface area contributed by atoms with Crippen LogP contribution in [0.3, 0.4) is 0 Å². The maximum Gasteiger partial charge on any atom is 0.306 e. The van der Waals surface area contributed by atoms with Crippen LogP contribution in [0.25, 0.3) is 0 Å². The molecular formula is C29H56O5. The minimum Gasteiger partial charge on any atom is -0.462 e. The van der Waals surface area contributed by atoms with Gasteiger partial charge in [0.05, 0.1) is 6.61 Å². The van der Waals surface area contributed by atoms with E-state index >= 15 is 0 Å². The van der Waals surface area contributed by atoms with Crippen molar-refractivity contribution in [3.63, 3.8) is 0 Å². The molecule has 0 aromatic carbocycles. The number of hydrogen-bond acceptors (Lipinski definition) is 5. The Labute approximate surface area is 210 Å². The predicted molar refractivity (Wildman–Crippen MR) is 141 cm³/mol. The van der Waals surface area contributed by atoms with Gasteiger partial charge in [-0.05, 0) is 24.7 Å². The highest BCUT2D eigenvalue weighted by atomic mass is 16.6. The van der Waals surface area contributed by atoms with Crippen molar-refractivity contribution in [3.05, 3.63) is 0 Å². The Kier molecular flexibility index (Phi) is 22.9. The molecule has 5 heteroatoms. The number of carbonyl (C=O) groups is 2. The minimum absolute atomic E-state index is 0.0622. The molecule has 0 aliphatic rings. The van der Waals surface area contributed by atoms with Crippen LogP contribution in [-0.4, -0.2) is 36.4 Å². The van der Waals surface area contributed by atoms with Gasteiger partial charge in [-0.1, -0.05) is 118 Å². The molecule has 0 bridgehead atoms. The van der Waals surface area contributed by atoms with Crippen molar-refractivity contribution >= 4 is 11.9 Å². The van der Waals surface area contributed by atoms with E-state index in [1.54, 1.807) is 0 Å². The standard InChI is InChI=1S/C29H56O5/c1-25(2)19-15-11-7-5-6-8-13-17-21-28(31)33-24-27(23-30)34-29(32)22-18-14-10-9-12-16-20-26(3)4/h25-27,30H,5-24H2,1-4H3/t27-/m0/s1. The summed E-state index contributed by atoms with van der Waals surface area (Å²) < 4.78 is 10.5. The fourth-order valence-corrected chi connectivity index (χ4v) is 4.04. The van der Waals surface area contributed by atoms with E-state index in [0.717, 1.165) is 50.4 Å². The van der Waals surface area contributed by atoms with Gasteiger partial charge < -0.3 is 14.6 Å². The van der Waals surface area contributed by atoms with Crippen molar-refractivity contribution in [2.24, 2.45) is 11.8 Å². The lowest BCUT2D eigenvalue weighted by molar-refractivity contribution is -0.161. The molecule has 0 amide bonds. The van der Waals surface area contributed by atoms with E-state index in [9.17, 15) is 14.7 Å². The summed E-state index contributed by atoms with van der Waals surface area (Å²) in [5, 5.41) is 9.43. The fraction of sp³-hybridized carbons (Fsp3) is 0.931. The molecule has 0 aliphatic carbocycles. The van der Waals surface area contributed by atoms with Crippen LogP contribution in [-0.2, 0) is 19.1 Å².